The minimum absolute atomic E-state index is 0.0710. The van der Waals surface area contributed by atoms with Gasteiger partial charge in [0.1, 0.15) is 0 Å². The molecule has 2 aliphatic rings. The van der Waals surface area contributed by atoms with E-state index in [0.717, 1.165) is 25.7 Å². The van der Waals surface area contributed by atoms with Gasteiger partial charge in [-0.3, -0.25) is 19.2 Å². The molecule has 0 unspecified atom stereocenters. The summed E-state index contributed by atoms with van der Waals surface area (Å²) in [6.45, 7) is 9.93. The molecule has 192 valence electrons. The van der Waals surface area contributed by atoms with Gasteiger partial charge < -0.3 is 20.9 Å². The molecule has 35 heavy (non-hydrogen) atoms. The van der Waals surface area contributed by atoms with Crippen molar-refractivity contribution in [2.24, 2.45) is 23.5 Å². The molecule has 0 radical (unpaired) electrons. The van der Waals surface area contributed by atoms with Crippen molar-refractivity contribution in [2.75, 3.05) is 22.9 Å². The Morgan fingerprint density at radius 2 is 1.40 bits per heavy atom. The Balaban J connectivity index is 1.99. The van der Waals surface area contributed by atoms with E-state index in [-0.39, 0.29) is 17.7 Å². The van der Waals surface area contributed by atoms with Gasteiger partial charge in [0.15, 0.2) is 5.78 Å². The number of nitrogens with one attached hydrogen (secondary N) is 1. The van der Waals surface area contributed by atoms with Crippen molar-refractivity contribution in [2.45, 2.75) is 78.3 Å². The highest BCUT2D eigenvalue weighted by molar-refractivity contribution is 6.37. The molecule has 1 aromatic rings. The van der Waals surface area contributed by atoms with Crippen LogP contribution >= 0.6 is 0 Å². The largest absolute Gasteiger partial charge is 0.346 e. The summed E-state index contributed by atoms with van der Waals surface area (Å²) in [6.07, 6.45) is 4.56. The lowest BCUT2D eigenvalue weighted by Crippen LogP contribution is -2.71. The number of nitrogens with zero attached hydrogens (tertiary/aromatic N) is 2. The molecule has 3 N–H and O–H groups in total. The summed E-state index contributed by atoms with van der Waals surface area (Å²) in [4.78, 5) is 57.2. The van der Waals surface area contributed by atoms with Crippen LogP contribution in [0.25, 0.3) is 0 Å². The monoisotopic (exact) mass is 484 g/mol. The number of carbonyl (C=O) groups excluding carboxylic acids is 4. The molecule has 1 heterocycles. The van der Waals surface area contributed by atoms with Crippen LogP contribution in [0.1, 0.15) is 66.7 Å². The van der Waals surface area contributed by atoms with E-state index in [4.69, 9.17) is 5.73 Å². The molecular weight excluding hydrogens is 444 g/mol. The molecule has 1 fully saturated rings. The molecule has 0 bridgehead atoms. The maximum atomic E-state index is 13.9. The Labute approximate surface area is 208 Å². The van der Waals surface area contributed by atoms with Gasteiger partial charge in [0.2, 0.25) is 11.4 Å². The maximum absolute atomic E-state index is 13.9. The molecule has 8 nitrogen and oxygen atoms in total. The van der Waals surface area contributed by atoms with Gasteiger partial charge in [-0.25, -0.2) is 0 Å². The Kier molecular flexibility index (Phi) is 8.36. The molecule has 0 spiro atoms. The standard InChI is InChI=1S/C27H40N4O4/c1-17(2)15-30-21-12-8-9-13-22(21)31(16-18(3)4)26(35)27(28,25(30)34)24(33)19(5)29-23(32)14-20-10-6-7-11-20/h8-9,12-13,17-20H,6-7,10-11,14-16,28H2,1-5H3,(H,29,32)/t19-/m0/s1. The fraction of sp³-hybridized carbons (Fsp3) is 0.630. The van der Waals surface area contributed by atoms with E-state index in [1.807, 2.05) is 27.7 Å². The van der Waals surface area contributed by atoms with Crippen LogP contribution in [0.5, 0.6) is 0 Å². The van der Waals surface area contributed by atoms with Crippen molar-refractivity contribution < 1.29 is 19.2 Å². The smallest absolute Gasteiger partial charge is 0.264 e. The number of benzene rings is 1. The number of rotatable bonds is 9. The average molecular weight is 485 g/mol. The molecule has 1 saturated carbocycles. The van der Waals surface area contributed by atoms with E-state index < -0.39 is 29.2 Å². The summed E-state index contributed by atoms with van der Waals surface area (Å²) in [7, 11) is 0. The zero-order valence-electron chi connectivity index (χ0n) is 21.7. The third-order valence-electron chi connectivity index (χ3n) is 6.83. The Morgan fingerprint density at radius 1 is 0.943 bits per heavy atom. The van der Waals surface area contributed by atoms with Crippen molar-refractivity contribution in [1.82, 2.24) is 5.32 Å². The summed E-state index contributed by atoms with van der Waals surface area (Å²) in [5.41, 5.74) is 5.22. The highest BCUT2D eigenvalue weighted by atomic mass is 16.2. The quantitative estimate of drug-likeness (QED) is 0.523. The third-order valence-corrected chi connectivity index (χ3v) is 6.83. The molecule has 3 amide bonds. The van der Waals surface area contributed by atoms with Crippen molar-refractivity contribution in [3.8, 4) is 0 Å². The zero-order valence-corrected chi connectivity index (χ0v) is 21.7. The highest BCUT2D eigenvalue weighted by Crippen LogP contribution is 2.37. The molecule has 1 aliphatic heterocycles. The van der Waals surface area contributed by atoms with E-state index in [1.54, 1.807) is 24.3 Å². The number of hydrogen-bond acceptors (Lipinski definition) is 5. The summed E-state index contributed by atoms with van der Waals surface area (Å²) in [5, 5.41) is 2.71. The van der Waals surface area contributed by atoms with Crippen molar-refractivity contribution in [3.05, 3.63) is 24.3 Å². The number of Topliss-reactive ketones (excluding diaryl/α,β-unsaturated/α-hetero) is 1. The number of anilines is 2. The van der Waals surface area contributed by atoms with Crippen LogP contribution < -0.4 is 20.9 Å². The predicted molar refractivity (Wildman–Crippen MR) is 137 cm³/mol. The van der Waals surface area contributed by atoms with Crippen molar-refractivity contribution in [3.63, 3.8) is 0 Å². The Morgan fingerprint density at radius 3 is 1.83 bits per heavy atom. The van der Waals surface area contributed by atoms with Gasteiger partial charge in [0, 0.05) is 19.5 Å². The predicted octanol–water partition coefficient (Wildman–Crippen LogP) is 3.03. The number of amides is 3. The average Bonchev–Trinajstić information content (AvgIpc) is 3.29. The lowest BCUT2D eigenvalue weighted by molar-refractivity contribution is -0.143. The van der Waals surface area contributed by atoms with Crippen LogP contribution in [0.2, 0.25) is 0 Å². The summed E-state index contributed by atoms with van der Waals surface area (Å²) >= 11 is 0. The normalized spacial score (nSPS) is 19.2. The van der Waals surface area contributed by atoms with Gasteiger partial charge in [-0.1, -0.05) is 52.7 Å². The minimum Gasteiger partial charge on any atom is -0.346 e. The summed E-state index contributed by atoms with van der Waals surface area (Å²) < 4.78 is 0. The van der Waals surface area contributed by atoms with E-state index in [1.165, 1.54) is 16.7 Å². The molecule has 3 rings (SSSR count). The van der Waals surface area contributed by atoms with Gasteiger partial charge in [-0.2, -0.15) is 0 Å². The number of para-hydroxylation sites is 2. The van der Waals surface area contributed by atoms with E-state index in [0.29, 0.717) is 36.8 Å². The molecule has 1 atom stereocenters. The van der Waals surface area contributed by atoms with Crippen LogP contribution in [0.4, 0.5) is 11.4 Å². The maximum Gasteiger partial charge on any atom is 0.264 e. The van der Waals surface area contributed by atoms with Gasteiger partial charge in [0.25, 0.3) is 11.8 Å². The molecule has 1 aromatic carbocycles. The van der Waals surface area contributed by atoms with Crippen LogP contribution in [-0.4, -0.2) is 48.2 Å². The second kappa shape index (κ2) is 10.9. The van der Waals surface area contributed by atoms with Crippen LogP contribution in [0.3, 0.4) is 0 Å². The second-order valence-corrected chi connectivity index (χ2v) is 10.9. The third kappa shape index (κ3) is 5.58. The van der Waals surface area contributed by atoms with Crippen LogP contribution in [0.15, 0.2) is 24.3 Å². The second-order valence-electron chi connectivity index (χ2n) is 10.9. The van der Waals surface area contributed by atoms with E-state index in [9.17, 15) is 19.2 Å². The fourth-order valence-corrected chi connectivity index (χ4v) is 5.14. The van der Waals surface area contributed by atoms with Gasteiger partial charge in [-0.05, 0) is 49.7 Å². The number of hydrogen-bond donors (Lipinski definition) is 2. The van der Waals surface area contributed by atoms with Crippen LogP contribution in [-0.2, 0) is 19.2 Å². The first-order chi connectivity index (χ1) is 16.5. The van der Waals surface area contributed by atoms with Gasteiger partial charge in [-0.15, -0.1) is 0 Å². The first-order valence-corrected chi connectivity index (χ1v) is 12.8. The highest BCUT2D eigenvalue weighted by Gasteiger charge is 2.57. The number of ketones is 1. The number of nitrogens with two attached hydrogens (primary N) is 1. The Bertz CT molecular complexity index is 919. The Hall–Kier alpha value is -2.74. The number of fused-ring (bicyclic) bond motifs is 1. The molecule has 0 saturated heterocycles. The number of carbonyl (C=O) groups is 4. The lowest BCUT2D eigenvalue weighted by Gasteiger charge is -2.33. The summed E-state index contributed by atoms with van der Waals surface area (Å²) in [6, 6.07) is 6.08. The zero-order chi connectivity index (χ0) is 25.9. The van der Waals surface area contributed by atoms with Crippen molar-refractivity contribution in [1.29, 1.82) is 0 Å². The lowest BCUT2D eigenvalue weighted by atomic mass is 9.87. The molecule has 8 heteroatoms. The first kappa shape index (κ1) is 26.9. The topological polar surface area (TPSA) is 113 Å². The minimum atomic E-state index is -2.44. The van der Waals surface area contributed by atoms with E-state index in [2.05, 4.69) is 5.32 Å². The molecule has 1 aliphatic carbocycles. The summed E-state index contributed by atoms with van der Waals surface area (Å²) in [5.74, 6) is -2.10. The molecular formula is C27H40N4O4. The van der Waals surface area contributed by atoms with Gasteiger partial charge in [0.05, 0.1) is 17.4 Å². The van der Waals surface area contributed by atoms with Crippen molar-refractivity contribution >= 4 is 34.9 Å². The first-order valence-electron chi connectivity index (χ1n) is 12.8. The van der Waals surface area contributed by atoms with Gasteiger partial charge >= 0.3 is 0 Å². The molecule has 0 aromatic heterocycles. The van der Waals surface area contributed by atoms with E-state index >= 15 is 0 Å². The fourth-order valence-electron chi connectivity index (χ4n) is 5.14. The van der Waals surface area contributed by atoms with Crippen LogP contribution in [0, 0.1) is 17.8 Å². The SMILES string of the molecule is CC(C)CN1C(=O)C(N)(C(=O)[C@H](C)NC(=O)CC2CCCC2)C(=O)N(CC(C)C)c2ccccc21.